The van der Waals surface area contributed by atoms with E-state index in [0.29, 0.717) is 17.8 Å². The van der Waals surface area contributed by atoms with Gasteiger partial charge in [0.05, 0.1) is 28.5 Å². The standard InChI is InChI=1S/C26H22N4O2/c31-25-20-10-4-5-11-21(20)28(16-18-8-2-1-3-9-18)24(27-25)17-29-22-12-6-7-13-23(22)30(26(29)32)19-14-15-19/h1-13,19H,14-17H2. The molecule has 0 radical (unpaired) electrons. The van der Waals surface area contributed by atoms with E-state index in [1.807, 2.05) is 65.2 Å². The van der Waals surface area contributed by atoms with Gasteiger partial charge in [-0.15, -0.1) is 0 Å². The van der Waals surface area contributed by atoms with Crippen molar-refractivity contribution < 1.29 is 0 Å². The minimum Gasteiger partial charge on any atom is -0.323 e. The van der Waals surface area contributed by atoms with Crippen molar-refractivity contribution in [2.24, 2.45) is 0 Å². The van der Waals surface area contributed by atoms with Crippen LogP contribution in [-0.2, 0) is 13.1 Å². The molecule has 3 aromatic carbocycles. The maximum absolute atomic E-state index is 13.4. The Morgan fingerprint density at radius 3 is 2.12 bits per heavy atom. The predicted molar refractivity (Wildman–Crippen MR) is 125 cm³/mol. The first-order chi connectivity index (χ1) is 15.7. The van der Waals surface area contributed by atoms with Gasteiger partial charge in [-0.25, -0.2) is 4.79 Å². The van der Waals surface area contributed by atoms with Crippen LogP contribution in [0.3, 0.4) is 0 Å². The van der Waals surface area contributed by atoms with Crippen molar-refractivity contribution in [1.29, 1.82) is 0 Å². The summed E-state index contributed by atoms with van der Waals surface area (Å²) < 4.78 is 5.71. The van der Waals surface area contributed by atoms with Gasteiger partial charge in [-0.1, -0.05) is 54.6 Å². The Hall–Kier alpha value is -3.93. The van der Waals surface area contributed by atoms with Crippen LogP contribution < -0.4 is 11.2 Å². The number of rotatable bonds is 5. The highest BCUT2D eigenvalue weighted by Gasteiger charge is 2.29. The topological polar surface area (TPSA) is 61.8 Å². The highest BCUT2D eigenvalue weighted by Crippen LogP contribution is 2.36. The highest BCUT2D eigenvalue weighted by atomic mass is 16.2. The Morgan fingerprint density at radius 2 is 1.38 bits per heavy atom. The first-order valence-corrected chi connectivity index (χ1v) is 10.9. The fourth-order valence-electron chi connectivity index (χ4n) is 4.54. The summed E-state index contributed by atoms with van der Waals surface area (Å²) in [5.74, 6) is 0.582. The minimum atomic E-state index is -0.265. The van der Waals surface area contributed by atoms with Gasteiger partial charge in [0.2, 0.25) is 0 Å². The van der Waals surface area contributed by atoms with Crippen molar-refractivity contribution >= 4 is 21.9 Å². The van der Waals surface area contributed by atoms with Gasteiger partial charge < -0.3 is 4.57 Å². The Kier molecular flexibility index (Phi) is 4.31. The normalized spacial score (nSPS) is 13.8. The summed E-state index contributed by atoms with van der Waals surface area (Å²) in [7, 11) is 0. The van der Waals surface area contributed by atoms with E-state index >= 15 is 0 Å². The molecule has 0 spiro atoms. The molecule has 158 valence electrons. The van der Waals surface area contributed by atoms with Crippen LogP contribution in [0.4, 0.5) is 0 Å². The average Bonchev–Trinajstić information content (AvgIpc) is 3.62. The van der Waals surface area contributed by atoms with Crippen LogP contribution in [0.2, 0.25) is 0 Å². The zero-order valence-corrected chi connectivity index (χ0v) is 17.5. The van der Waals surface area contributed by atoms with Gasteiger partial charge >= 0.3 is 5.69 Å². The first-order valence-electron chi connectivity index (χ1n) is 10.9. The molecule has 0 aliphatic heterocycles. The summed E-state index contributed by atoms with van der Waals surface area (Å²) in [6, 6.07) is 25.8. The Balaban J connectivity index is 1.56. The van der Waals surface area contributed by atoms with Gasteiger partial charge in [0, 0.05) is 12.6 Å². The van der Waals surface area contributed by atoms with Crippen molar-refractivity contribution in [3.05, 3.63) is 111 Å². The van der Waals surface area contributed by atoms with Gasteiger partial charge in [-0.3, -0.25) is 13.9 Å². The molecular formula is C26H22N4O2. The van der Waals surface area contributed by atoms with Gasteiger partial charge in [-0.05, 0) is 42.7 Å². The molecule has 6 heteroatoms. The third-order valence-electron chi connectivity index (χ3n) is 6.23. The minimum absolute atomic E-state index is 0.0395. The van der Waals surface area contributed by atoms with Crippen LogP contribution in [-0.4, -0.2) is 18.7 Å². The second-order valence-corrected chi connectivity index (χ2v) is 8.38. The van der Waals surface area contributed by atoms with Crippen LogP contribution in [0, 0.1) is 0 Å². The molecular weight excluding hydrogens is 400 g/mol. The van der Waals surface area contributed by atoms with Crippen molar-refractivity contribution in [3.8, 4) is 0 Å². The monoisotopic (exact) mass is 422 g/mol. The molecule has 5 aromatic rings. The van der Waals surface area contributed by atoms with Crippen molar-refractivity contribution in [1.82, 2.24) is 18.7 Å². The lowest BCUT2D eigenvalue weighted by Crippen LogP contribution is -2.28. The third-order valence-corrected chi connectivity index (χ3v) is 6.23. The molecule has 0 saturated heterocycles. The van der Waals surface area contributed by atoms with Gasteiger partial charge in [-0.2, -0.15) is 4.98 Å². The lowest BCUT2D eigenvalue weighted by molar-refractivity contribution is 0.624. The van der Waals surface area contributed by atoms with E-state index in [4.69, 9.17) is 0 Å². The molecule has 1 saturated carbocycles. The van der Waals surface area contributed by atoms with Gasteiger partial charge in [0.1, 0.15) is 5.82 Å². The third kappa shape index (κ3) is 3.07. The molecule has 32 heavy (non-hydrogen) atoms. The molecule has 0 amide bonds. The number of aromatic nitrogens is 4. The van der Waals surface area contributed by atoms with E-state index in [1.165, 1.54) is 0 Å². The molecule has 6 rings (SSSR count). The van der Waals surface area contributed by atoms with Crippen LogP contribution in [0.5, 0.6) is 0 Å². The number of hydrogen-bond donors (Lipinski definition) is 0. The van der Waals surface area contributed by atoms with Gasteiger partial charge in [0.25, 0.3) is 5.56 Å². The summed E-state index contributed by atoms with van der Waals surface area (Å²) >= 11 is 0. The summed E-state index contributed by atoms with van der Waals surface area (Å²) in [5.41, 5.74) is 3.44. The average molecular weight is 422 g/mol. The quantitative estimate of drug-likeness (QED) is 0.431. The Bertz CT molecular complexity index is 1570. The fourth-order valence-corrected chi connectivity index (χ4v) is 4.54. The molecule has 1 aliphatic rings. The molecule has 2 aromatic heterocycles. The summed E-state index contributed by atoms with van der Waals surface area (Å²) in [6.45, 7) is 0.811. The second kappa shape index (κ2) is 7.34. The SMILES string of the molecule is O=c1nc(Cn2c(=O)n(C3CC3)c3ccccc32)n(Cc2ccccc2)c2ccccc12. The summed E-state index contributed by atoms with van der Waals surface area (Å²) in [5, 5.41) is 0.583. The largest absolute Gasteiger partial charge is 0.329 e. The van der Waals surface area contributed by atoms with Crippen LogP contribution in [0.15, 0.2) is 88.5 Å². The van der Waals surface area contributed by atoms with Crippen LogP contribution in [0.25, 0.3) is 21.9 Å². The van der Waals surface area contributed by atoms with E-state index in [1.54, 1.807) is 10.6 Å². The lowest BCUT2D eigenvalue weighted by atomic mass is 10.2. The second-order valence-electron chi connectivity index (χ2n) is 8.38. The van der Waals surface area contributed by atoms with E-state index in [-0.39, 0.29) is 23.8 Å². The maximum atomic E-state index is 13.4. The predicted octanol–water partition coefficient (Wildman–Crippen LogP) is 3.94. The number of benzene rings is 3. The summed E-state index contributed by atoms with van der Waals surface area (Å²) in [6.07, 6.45) is 2.06. The van der Waals surface area contributed by atoms with E-state index in [9.17, 15) is 9.59 Å². The maximum Gasteiger partial charge on any atom is 0.329 e. The lowest BCUT2D eigenvalue weighted by Gasteiger charge is -2.16. The first kappa shape index (κ1) is 18.8. The number of nitrogens with zero attached hydrogens (tertiary/aromatic N) is 4. The van der Waals surface area contributed by atoms with Crippen LogP contribution in [0.1, 0.15) is 30.3 Å². The molecule has 0 unspecified atom stereocenters. The van der Waals surface area contributed by atoms with Crippen molar-refractivity contribution in [3.63, 3.8) is 0 Å². The Labute approximate surface area is 184 Å². The molecule has 0 atom stereocenters. The van der Waals surface area contributed by atoms with E-state index in [0.717, 1.165) is 35.0 Å². The number of hydrogen-bond acceptors (Lipinski definition) is 3. The molecule has 2 heterocycles. The summed E-state index contributed by atoms with van der Waals surface area (Å²) in [4.78, 5) is 30.7. The zero-order valence-electron chi connectivity index (χ0n) is 17.5. The molecule has 0 bridgehead atoms. The molecule has 0 N–H and O–H groups in total. The smallest absolute Gasteiger partial charge is 0.323 e. The van der Waals surface area contributed by atoms with Crippen LogP contribution >= 0.6 is 0 Å². The zero-order chi connectivity index (χ0) is 21.7. The molecule has 1 aliphatic carbocycles. The number of imidazole rings is 1. The van der Waals surface area contributed by atoms with Crippen molar-refractivity contribution in [2.75, 3.05) is 0 Å². The van der Waals surface area contributed by atoms with E-state index in [2.05, 4.69) is 21.7 Å². The molecule has 6 nitrogen and oxygen atoms in total. The van der Waals surface area contributed by atoms with Gasteiger partial charge in [0.15, 0.2) is 0 Å². The Morgan fingerprint density at radius 1 is 0.719 bits per heavy atom. The van der Waals surface area contributed by atoms with E-state index < -0.39 is 0 Å². The molecule has 1 fully saturated rings. The fraction of sp³-hybridized carbons (Fsp3) is 0.192. The highest BCUT2D eigenvalue weighted by molar-refractivity contribution is 5.78. The van der Waals surface area contributed by atoms with Crippen molar-refractivity contribution in [2.45, 2.75) is 32.0 Å². The number of para-hydroxylation sites is 3. The number of fused-ring (bicyclic) bond motifs is 2.